The van der Waals surface area contributed by atoms with Crippen molar-refractivity contribution in [3.8, 4) is 0 Å². The van der Waals surface area contributed by atoms with E-state index in [9.17, 15) is 4.79 Å². The summed E-state index contributed by atoms with van der Waals surface area (Å²) in [4.78, 5) is 16.7. The van der Waals surface area contributed by atoms with E-state index in [1.807, 2.05) is 11.0 Å². The minimum Gasteiger partial charge on any atom is -0.373 e. The van der Waals surface area contributed by atoms with Crippen LogP contribution in [0.5, 0.6) is 0 Å². The van der Waals surface area contributed by atoms with Gasteiger partial charge in [0.1, 0.15) is 0 Å². The topological polar surface area (TPSA) is 47.6 Å². The molecule has 2 amide bonds. The van der Waals surface area contributed by atoms with Crippen molar-refractivity contribution in [2.45, 2.75) is 25.4 Å². The highest BCUT2D eigenvalue weighted by Crippen LogP contribution is 2.23. The van der Waals surface area contributed by atoms with E-state index in [-0.39, 0.29) is 6.03 Å². The molecule has 0 spiro atoms. The molecule has 21 heavy (non-hydrogen) atoms. The number of anilines is 1. The van der Waals surface area contributed by atoms with E-state index in [1.165, 1.54) is 11.3 Å². The Morgan fingerprint density at radius 3 is 2.81 bits per heavy atom. The third-order valence-corrected chi connectivity index (χ3v) is 4.42. The van der Waals surface area contributed by atoms with Gasteiger partial charge >= 0.3 is 6.03 Å². The number of benzene rings is 1. The van der Waals surface area contributed by atoms with Crippen LogP contribution in [0.15, 0.2) is 24.3 Å². The second-order valence-electron chi connectivity index (χ2n) is 5.95. The van der Waals surface area contributed by atoms with Gasteiger partial charge in [0.2, 0.25) is 0 Å². The summed E-state index contributed by atoms with van der Waals surface area (Å²) in [5.41, 5.74) is 2.45. The molecule has 0 saturated carbocycles. The first-order chi connectivity index (χ1) is 10.2. The summed E-state index contributed by atoms with van der Waals surface area (Å²) in [7, 11) is 2.09. The van der Waals surface area contributed by atoms with Gasteiger partial charge in [-0.3, -0.25) is 0 Å². The molecule has 1 fully saturated rings. The Labute approximate surface area is 126 Å². The molecule has 2 heterocycles. The first-order valence-corrected chi connectivity index (χ1v) is 7.79. The number of para-hydroxylation sites is 1. The summed E-state index contributed by atoms with van der Waals surface area (Å²) < 4.78 is 0. The van der Waals surface area contributed by atoms with Crippen LogP contribution in [0.2, 0.25) is 0 Å². The number of piperidine rings is 1. The minimum atomic E-state index is 0.0759. The van der Waals surface area contributed by atoms with E-state index in [2.05, 4.69) is 40.8 Å². The Morgan fingerprint density at radius 1 is 1.24 bits per heavy atom. The number of fused-ring (bicyclic) bond motifs is 1. The number of carbonyl (C=O) groups is 1. The van der Waals surface area contributed by atoms with Crippen molar-refractivity contribution in [2.75, 3.05) is 38.1 Å². The third-order valence-electron chi connectivity index (χ3n) is 4.42. The lowest BCUT2D eigenvalue weighted by Crippen LogP contribution is -2.48. The van der Waals surface area contributed by atoms with E-state index < -0.39 is 0 Å². The van der Waals surface area contributed by atoms with Crippen LogP contribution in [0.4, 0.5) is 10.5 Å². The van der Waals surface area contributed by atoms with Gasteiger partial charge in [0.05, 0.1) is 0 Å². The lowest BCUT2D eigenvalue weighted by Gasteiger charge is -2.28. The van der Waals surface area contributed by atoms with Crippen molar-refractivity contribution in [1.82, 2.24) is 15.5 Å². The van der Waals surface area contributed by atoms with E-state index in [4.69, 9.17) is 0 Å². The van der Waals surface area contributed by atoms with Crippen molar-refractivity contribution >= 4 is 11.7 Å². The van der Waals surface area contributed by atoms with E-state index in [0.717, 1.165) is 39.0 Å². The SMILES string of the molecule is CN1CCN(C(=O)NC2CCNCC2)Cc2ccccc21. The quantitative estimate of drug-likeness (QED) is 0.821. The maximum absolute atomic E-state index is 12.5. The normalized spacial score (nSPS) is 19.9. The zero-order chi connectivity index (χ0) is 14.7. The van der Waals surface area contributed by atoms with Gasteiger partial charge < -0.3 is 20.4 Å². The van der Waals surface area contributed by atoms with Gasteiger partial charge in [-0.15, -0.1) is 0 Å². The van der Waals surface area contributed by atoms with Crippen molar-refractivity contribution < 1.29 is 4.79 Å². The third kappa shape index (κ3) is 3.29. The van der Waals surface area contributed by atoms with Crippen molar-refractivity contribution in [1.29, 1.82) is 0 Å². The van der Waals surface area contributed by atoms with Gasteiger partial charge in [0.15, 0.2) is 0 Å². The Morgan fingerprint density at radius 2 is 2.00 bits per heavy atom. The fourth-order valence-corrected chi connectivity index (χ4v) is 3.10. The fourth-order valence-electron chi connectivity index (χ4n) is 3.10. The molecule has 1 aromatic carbocycles. The molecule has 0 bridgehead atoms. The molecular formula is C16H24N4O. The molecular weight excluding hydrogens is 264 g/mol. The molecule has 2 N–H and O–H groups in total. The molecule has 1 saturated heterocycles. The van der Waals surface area contributed by atoms with Crippen LogP contribution in [-0.4, -0.2) is 50.2 Å². The van der Waals surface area contributed by atoms with Gasteiger partial charge in [0.25, 0.3) is 0 Å². The molecule has 5 nitrogen and oxygen atoms in total. The summed E-state index contributed by atoms with van der Waals surface area (Å²) in [6, 6.07) is 8.73. The maximum Gasteiger partial charge on any atom is 0.317 e. The summed E-state index contributed by atoms with van der Waals surface area (Å²) in [5, 5.41) is 6.52. The predicted molar refractivity (Wildman–Crippen MR) is 84.5 cm³/mol. The number of nitrogens with one attached hydrogen (secondary N) is 2. The Balaban J connectivity index is 1.67. The molecule has 0 aromatic heterocycles. The predicted octanol–water partition coefficient (Wildman–Crippen LogP) is 1.40. The lowest BCUT2D eigenvalue weighted by atomic mass is 10.1. The highest BCUT2D eigenvalue weighted by molar-refractivity contribution is 5.75. The van der Waals surface area contributed by atoms with Gasteiger partial charge in [-0.25, -0.2) is 4.79 Å². The van der Waals surface area contributed by atoms with Gasteiger partial charge in [-0.05, 0) is 37.6 Å². The van der Waals surface area contributed by atoms with Crippen LogP contribution < -0.4 is 15.5 Å². The summed E-state index contributed by atoms with van der Waals surface area (Å²) in [5.74, 6) is 0. The van der Waals surface area contributed by atoms with Crippen LogP contribution in [-0.2, 0) is 6.54 Å². The largest absolute Gasteiger partial charge is 0.373 e. The van der Waals surface area contributed by atoms with E-state index in [0.29, 0.717) is 12.6 Å². The van der Waals surface area contributed by atoms with Gasteiger partial charge in [-0.1, -0.05) is 18.2 Å². The van der Waals surface area contributed by atoms with Crippen molar-refractivity contribution in [3.63, 3.8) is 0 Å². The molecule has 0 aliphatic carbocycles. The monoisotopic (exact) mass is 288 g/mol. The number of rotatable bonds is 1. The average Bonchev–Trinajstić information content (AvgIpc) is 2.68. The van der Waals surface area contributed by atoms with Gasteiger partial charge in [-0.2, -0.15) is 0 Å². The van der Waals surface area contributed by atoms with Crippen LogP contribution in [0.1, 0.15) is 18.4 Å². The maximum atomic E-state index is 12.5. The van der Waals surface area contributed by atoms with E-state index in [1.54, 1.807) is 0 Å². The Kier molecular flexibility index (Phi) is 4.29. The first-order valence-electron chi connectivity index (χ1n) is 7.79. The number of likely N-dealkylation sites (N-methyl/N-ethyl adjacent to an activating group) is 1. The lowest BCUT2D eigenvalue weighted by molar-refractivity contribution is 0.190. The molecule has 3 rings (SSSR count). The number of hydrogen-bond donors (Lipinski definition) is 2. The van der Waals surface area contributed by atoms with Crippen molar-refractivity contribution in [3.05, 3.63) is 29.8 Å². The van der Waals surface area contributed by atoms with Gasteiger partial charge in [0, 0.05) is 38.4 Å². The number of urea groups is 1. The number of amides is 2. The molecule has 2 aliphatic rings. The van der Waals surface area contributed by atoms with Crippen LogP contribution >= 0.6 is 0 Å². The zero-order valence-electron chi connectivity index (χ0n) is 12.6. The smallest absolute Gasteiger partial charge is 0.317 e. The number of carbonyl (C=O) groups excluding carboxylic acids is 1. The highest BCUT2D eigenvalue weighted by Gasteiger charge is 2.23. The van der Waals surface area contributed by atoms with E-state index >= 15 is 0 Å². The number of nitrogens with zero attached hydrogens (tertiary/aromatic N) is 2. The Bertz CT molecular complexity index is 499. The standard InChI is InChI=1S/C16H24N4O/c1-19-10-11-20(12-13-4-2-3-5-15(13)19)16(21)18-14-6-8-17-9-7-14/h2-5,14,17H,6-12H2,1H3,(H,18,21). The molecule has 2 aliphatic heterocycles. The Hall–Kier alpha value is -1.75. The highest BCUT2D eigenvalue weighted by atomic mass is 16.2. The molecule has 1 aromatic rings. The zero-order valence-corrected chi connectivity index (χ0v) is 12.6. The summed E-state index contributed by atoms with van der Waals surface area (Å²) in [6.07, 6.45) is 2.05. The summed E-state index contributed by atoms with van der Waals surface area (Å²) >= 11 is 0. The average molecular weight is 288 g/mol. The molecule has 0 atom stereocenters. The first kappa shape index (κ1) is 14.2. The second kappa shape index (κ2) is 6.35. The summed E-state index contributed by atoms with van der Waals surface area (Å²) in [6.45, 7) is 4.32. The van der Waals surface area contributed by atoms with Crippen LogP contribution in [0, 0.1) is 0 Å². The minimum absolute atomic E-state index is 0.0759. The van der Waals surface area contributed by atoms with Crippen molar-refractivity contribution in [2.24, 2.45) is 0 Å². The van der Waals surface area contributed by atoms with Crippen LogP contribution in [0.3, 0.4) is 0 Å². The molecule has 5 heteroatoms. The molecule has 0 unspecified atom stereocenters. The second-order valence-corrected chi connectivity index (χ2v) is 5.95. The number of hydrogen-bond acceptors (Lipinski definition) is 3. The fraction of sp³-hybridized carbons (Fsp3) is 0.562. The molecule has 114 valence electrons. The van der Waals surface area contributed by atoms with Crippen LogP contribution in [0.25, 0.3) is 0 Å². The molecule has 0 radical (unpaired) electrons.